The van der Waals surface area contributed by atoms with Gasteiger partial charge in [-0.2, -0.15) is 10.2 Å². The van der Waals surface area contributed by atoms with Crippen LogP contribution in [0.3, 0.4) is 0 Å². The number of halogens is 1. The van der Waals surface area contributed by atoms with Crippen LogP contribution in [0.4, 0.5) is 11.4 Å². The van der Waals surface area contributed by atoms with E-state index in [-0.39, 0.29) is 0 Å². The van der Waals surface area contributed by atoms with E-state index in [9.17, 15) is 4.79 Å². The number of azo groups is 1. The zero-order chi connectivity index (χ0) is 15.8. The Morgan fingerprint density at radius 1 is 0.909 bits per heavy atom. The van der Waals surface area contributed by atoms with Crippen LogP contribution in [-0.4, -0.2) is 5.24 Å². The van der Waals surface area contributed by atoms with Crippen LogP contribution in [0.2, 0.25) is 0 Å². The topological polar surface area (TPSA) is 41.8 Å². The van der Waals surface area contributed by atoms with Crippen molar-refractivity contribution in [2.45, 2.75) is 32.6 Å². The minimum Gasteiger partial charge on any atom is -0.276 e. The van der Waals surface area contributed by atoms with E-state index in [2.05, 4.69) is 29.3 Å². The molecule has 0 heterocycles. The second-order valence-corrected chi connectivity index (χ2v) is 5.49. The van der Waals surface area contributed by atoms with Crippen molar-refractivity contribution in [3.8, 4) is 0 Å². The summed E-state index contributed by atoms with van der Waals surface area (Å²) in [6.45, 7) is 2.21. The molecule has 2 aromatic rings. The molecule has 0 aliphatic heterocycles. The van der Waals surface area contributed by atoms with E-state index < -0.39 is 5.24 Å². The number of hydrogen-bond donors (Lipinski definition) is 0. The average molecular weight is 315 g/mol. The molecule has 0 fully saturated rings. The zero-order valence-electron chi connectivity index (χ0n) is 12.6. The van der Waals surface area contributed by atoms with Gasteiger partial charge in [-0.25, -0.2) is 0 Å². The van der Waals surface area contributed by atoms with E-state index in [1.165, 1.54) is 24.8 Å². The molecule has 0 N–H and O–H groups in total. The summed E-state index contributed by atoms with van der Waals surface area (Å²) in [5.41, 5.74) is 3.29. The second kappa shape index (κ2) is 8.44. The molecule has 0 unspecified atom stereocenters. The average Bonchev–Trinajstić information content (AvgIpc) is 2.55. The van der Waals surface area contributed by atoms with Crippen molar-refractivity contribution < 1.29 is 4.79 Å². The molecule has 0 saturated carbocycles. The molecule has 0 atom stereocenters. The monoisotopic (exact) mass is 314 g/mol. The number of unbranched alkanes of at least 4 members (excludes halogenated alkanes) is 2. The third-order valence-corrected chi connectivity index (χ3v) is 3.60. The molecule has 0 spiro atoms. The molecule has 22 heavy (non-hydrogen) atoms. The fourth-order valence-electron chi connectivity index (χ4n) is 2.08. The number of nitrogens with zero attached hydrogens (tertiary/aromatic N) is 2. The molecule has 0 aliphatic carbocycles. The van der Waals surface area contributed by atoms with Crippen molar-refractivity contribution in [3.05, 3.63) is 59.7 Å². The smallest absolute Gasteiger partial charge is 0.252 e. The Kier molecular flexibility index (Phi) is 6.28. The lowest BCUT2D eigenvalue weighted by Crippen LogP contribution is -1.85. The maximum Gasteiger partial charge on any atom is 0.252 e. The van der Waals surface area contributed by atoms with Gasteiger partial charge in [0.1, 0.15) is 0 Å². The summed E-state index contributed by atoms with van der Waals surface area (Å²) in [4.78, 5) is 11.0. The molecule has 2 rings (SSSR count). The first-order chi connectivity index (χ1) is 10.7. The van der Waals surface area contributed by atoms with Crippen LogP contribution in [0.25, 0.3) is 0 Å². The number of hydrogen-bond acceptors (Lipinski definition) is 3. The largest absolute Gasteiger partial charge is 0.276 e. The molecular weight excluding hydrogens is 296 g/mol. The SMILES string of the molecule is CCCCCc1ccc(/N=N/c2ccc(C(=O)Cl)cc2)cc1. The van der Waals surface area contributed by atoms with Crippen molar-refractivity contribution in [3.63, 3.8) is 0 Å². The van der Waals surface area contributed by atoms with Crippen LogP contribution < -0.4 is 0 Å². The summed E-state index contributed by atoms with van der Waals surface area (Å²) in [5, 5.41) is 7.88. The fraction of sp³-hybridized carbons (Fsp3) is 0.278. The highest BCUT2D eigenvalue weighted by Crippen LogP contribution is 2.20. The lowest BCUT2D eigenvalue weighted by atomic mass is 10.1. The molecule has 0 amide bonds. The number of carbonyl (C=O) groups is 1. The lowest BCUT2D eigenvalue weighted by molar-refractivity contribution is 0.108. The summed E-state index contributed by atoms with van der Waals surface area (Å²) < 4.78 is 0. The molecule has 0 saturated heterocycles. The Balaban J connectivity index is 1.96. The molecule has 114 valence electrons. The van der Waals surface area contributed by atoms with Crippen molar-refractivity contribution in [1.29, 1.82) is 0 Å². The number of benzene rings is 2. The summed E-state index contributed by atoms with van der Waals surface area (Å²) in [7, 11) is 0. The van der Waals surface area contributed by atoms with Crippen molar-refractivity contribution >= 4 is 28.2 Å². The normalized spacial score (nSPS) is 11.0. The first-order valence-electron chi connectivity index (χ1n) is 7.49. The van der Waals surface area contributed by atoms with Crippen molar-refractivity contribution in [2.75, 3.05) is 0 Å². The second-order valence-electron chi connectivity index (χ2n) is 5.14. The molecule has 2 aromatic carbocycles. The third kappa shape index (κ3) is 5.08. The number of aryl methyl sites for hydroxylation is 1. The minimum absolute atomic E-state index is 0.456. The molecule has 0 aliphatic rings. The van der Waals surface area contributed by atoms with Gasteiger partial charge in [-0.3, -0.25) is 4.79 Å². The number of rotatable bonds is 7. The van der Waals surface area contributed by atoms with Crippen molar-refractivity contribution in [2.24, 2.45) is 10.2 Å². The Morgan fingerprint density at radius 2 is 1.45 bits per heavy atom. The van der Waals surface area contributed by atoms with Crippen molar-refractivity contribution in [1.82, 2.24) is 0 Å². The summed E-state index contributed by atoms with van der Waals surface area (Å²) in [6.07, 6.45) is 4.84. The van der Waals surface area contributed by atoms with Gasteiger partial charge in [0.25, 0.3) is 5.24 Å². The fourth-order valence-corrected chi connectivity index (χ4v) is 2.21. The first kappa shape index (κ1) is 16.4. The van der Waals surface area contributed by atoms with E-state index in [0.29, 0.717) is 11.3 Å². The van der Waals surface area contributed by atoms with Gasteiger partial charge in [-0.15, -0.1) is 0 Å². The lowest BCUT2D eigenvalue weighted by Gasteiger charge is -2.00. The van der Waals surface area contributed by atoms with Gasteiger partial charge in [-0.05, 0) is 66.4 Å². The molecule has 0 bridgehead atoms. The maximum absolute atomic E-state index is 11.0. The third-order valence-electron chi connectivity index (χ3n) is 3.38. The Morgan fingerprint density at radius 3 is 1.95 bits per heavy atom. The van der Waals surface area contributed by atoms with Gasteiger partial charge in [0.2, 0.25) is 0 Å². The Hall–Kier alpha value is -2.00. The highest BCUT2D eigenvalue weighted by Gasteiger charge is 2.00. The predicted molar refractivity (Wildman–Crippen MR) is 90.5 cm³/mol. The van der Waals surface area contributed by atoms with E-state index in [0.717, 1.165) is 12.1 Å². The standard InChI is InChI=1S/C18H19ClN2O/c1-2-3-4-5-14-6-10-16(11-7-14)20-21-17-12-8-15(9-13-17)18(19)22/h6-13H,2-5H2,1H3/b21-20+. The van der Waals surface area contributed by atoms with E-state index >= 15 is 0 Å². The molecule has 4 heteroatoms. The Labute approximate surface area is 136 Å². The summed E-state index contributed by atoms with van der Waals surface area (Å²) in [5.74, 6) is 0. The first-order valence-corrected chi connectivity index (χ1v) is 7.87. The minimum atomic E-state index is -0.470. The van der Waals surface area contributed by atoms with Gasteiger partial charge in [-0.1, -0.05) is 31.9 Å². The number of carbonyl (C=O) groups excluding carboxylic acids is 1. The molecular formula is C18H19ClN2O. The van der Waals surface area contributed by atoms with Crippen LogP contribution in [-0.2, 0) is 6.42 Å². The van der Waals surface area contributed by atoms with Gasteiger partial charge in [0.05, 0.1) is 11.4 Å². The highest BCUT2D eigenvalue weighted by molar-refractivity contribution is 6.67. The predicted octanol–water partition coefficient (Wildman–Crippen LogP) is 6.21. The van der Waals surface area contributed by atoms with E-state index in [1.807, 2.05) is 12.1 Å². The van der Waals surface area contributed by atoms with Gasteiger partial charge >= 0.3 is 0 Å². The van der Waals surface area contributed by atoms with Crippen LogP contribution in [0.5, 0.6) is 0 Å². The zero-order valence-corrected chi connectivity index (χ0v) is 13.4. The van der Waals surface area contributed by atoms with Gasteiger partial charge in [0, 0.05) is 5.56 Å². The summed E-state index contributed by atoms with van der Waals surface area (Å²) >= 11 is 5.40. The van der Waals surface area contributed by atoms with Crippen LogP contribution in [0, 0.1) is 0 Å². The molecule has 0 radical (unpaired) electrons. The van der Waals surface area contributed by atoms with Gasteiger partial charge < -0.3 is 0 Å². The van der Waals surface area contributed by atoms with E-state index in [4.69, 9.17) is 11.6 Å². The summed E-state index contributed by atoms with van der Waals surface area (Å²) in [6, 6.07) is 14.9. The Bertz CT molecular complexity index is 633. The van der Waals surface area contributed by atoms with Crippen LogP contribution in [0.1, 0.15) is 42.1 Å². The highest BCUT2D eigenvalue weighted by atomic mass is 35.5. The van der Waals surface area contributed by atoms with Crippen LogP contribution in [0.15, 0.2) is 58.8 Å². The quantitative estimate of drug-likeness (QED) is 0.340. The van der Waals surface area contributed by atoms with Crippen LogP contribution >= 0.6 is 11.6 Å². The molecule has 3 nitrogen and oxygen atoms in total. The molecule has 0 aromatic heterocycles. The maximum atomic E-state index is 11.0. The van der Waals surface area contributed by atoms with E-state index in [1.54, 1.807) is 24.3 Å². The van der Waals surface area contributed by atoms with Gasteiger partial charge in [0.15, 0.2) is 0 Å².